The van der Waals surface area contributed by atoms with Crippen LogP contribution in [0.2, 0.25) is 0 Å². The molecule has 0 aromatic rings. The van der Waals surface area contributed by atoms with Gasteiger partial charge in [-0.25, -0.2) is 13.3 Å². The van der Waals surface area contributed by atoms with Crippen molar-refractivity contribution in [3.8, 4) is 0 Å². The second kappa shape index (κ2) is 12.6. The van der Waals surface area contributed by atoms with E-state index in [9.17, 15) is 36.9 Å². The number of amides is 5. The second-order valence-corrected chi connectivity index (χ2v) is 8.94. The van der Waals surface area contributed by atoms with E-state index in [0.29, 0.717) is 24.3 Å². The first-order chi connectivity index (χ1) is 14.1. The molecule has 166 valence electrons. The maximum absolute atomic E-state index is 12.0. The number of unbranched alkanes of at least 4 members (excludes halogenated alkanes) is 7. The number of hydrogen-bond acceptors (Lipinski definition) is 8. The fraction of sp³-hybridized carbons (Fsp3) is 0.632. The monoisotopic (exact) mass is 464 g/mol. The van der Waals surface area contributed by atoms with E-state index in [0.717, 1.165) is 38.5 Å². The van der Waals surface area contributed by atoms with Gasteiger partial charge in [0.25, 0.3) is 17.7 Å². The maximum atomic E-state index is 12.0. The molecular formula is C19H25N2NaO8S. The van der Waals surface area contributed by atoms with E-state index in [1.54, 1.807) is 0 Å². The third-order valence-electron chi connectivity index (χ3n) is 5.13. The standard InChI is InChI=1S/C19H26N2O8S.Na/c22-15-10-11-16(23)20(15)12-8-6-4-2-1-3-5-7-9-17(24)21-18(25)13-14(19(21)26)30(27,28)29;/h10-11,14H,1-9,12-13H2,(H,27,28,29);/q;+1/p-1. The van der Waals surface area contributed by atoms with Gasteiger partial charge in [-0.2, -0.15) is 0 Å². The number of nitrogens with zero attached hydrogens (tertiary/aromatic N) is 2. The minimum Gasteiger partial charge on any atom is -0.747 e. The summed E-state index contributed by atoms with van der Waals surface area (Å²) in [7, 11) is -4.96. The van der Waals surface area contributed by atoms with Crippen LogP contribution in [-0.2, 0) is 34.1 Å². The molecule has 0 aromatic carbocycles. The van der Waals surface area contributed by atoms with E-state index in [1.165, 1.54) is 17.1 Å². The first-order valence-electron chi connectivity index (χ1n) is 10.0. The summed E-state index contributed by atoms with van der Waals surface area (Å²) >= 11 is 0. The van der Waals surface area contributed by atoms with Crippen LogP contribution in [0.5, 0.6) is 0 Å². The second-order valence-electron chi connectivity index (χ2n) is 7.39. The van der Waals surface area contributed by atoms with Crippen LogP contribution in [0, 0.1) is 0 Å². The summed E-state index contributed by atoms with van der Waals surface area (Å²) in [5, 5.41) is -1.99. The molecular weight excluding hydrogens is 439 g/mol. The molecule has 2 heterocycles. The number of hydrogen-bond donors (Lipinski definition) is 0. The van der Waals surface area contributed by atoms with Gasteiger partial charge in [-0.05, 0) is 12.8 Å². The van der Waals surface area contributed by atoms with E-state index in [-0.39, 0.29) is 47.8 Å². The van der Waals surface area contributed by atoms with Crippen LogP contribution in [0.25, 0.3) is 0 Å². The summed E-state index contributed by atoms with van der Waals surface area (Å²) in [5.74, 6) is -3.48. The quantitative estimate of drug-likeness (QED) is 0.135. The Kier molecular flexibility index (Phi) is 11.2. The molecule has 5 amide bonds. The molecule has 1 atom stereocenters. The van der Waals surface area contributed by atoms with Crippen molar-refractivity contribution in [1.29, 1.82) is 0 Å². The number of carbonyl (C=O) groups excluding carboxylic acids is 5. The van der Waals surface area contributed by atoms with Crippen molar-refractivity contribution in [2.24, 2.45) is 0 Å². The van der Waals surface area contributed by atoms with Crippen LogP contribution in [0.15, 0.2) is 12.2 Å². The van der Waals surface area contributed by atoms with Gasteiger partial charge >= 0.3 is 29.6 Å². The predicted octanol–water partition coefficient (Wildman–Crippen LogP) is -2.37. The third-order valence-corrected chi connectivity index (χ3v) is 6.19. The Bertz CT molecular complexity index is 837. The molecule has 1 fully saturated rings. The van der Waals surface area contributed by atoms with Gasteiger partial charge in [-0.3, -0.25) is 28.9 Å². The molecule has 12 heteroatoms. The molecule has 2 aliphatic rings. The molecule has 0 bridgehead atoms. The van der Waals surface area contributed by atoms with Gasteiger partial charge in [0, 0.05) is 25.1 Å². The average molecular weight is 464 g/mol. The van der Waals surface area contributed by atoms with E-state index in [2.05, 4.69) is 0 Å². The third kappa shape index (κ3) is 7.90. The van der Waals surface area contributed by atoms with Crippen molar-refractivity contribution in [3.63, 3.8) is 0 Å². The molecule has 2 aliphatic heterocycles. The summed E-state index contributed by atoms with van der Waals surface area (Å²) in [6.45, 7) is 0.426. The molecule has 10 nitrogen and oxygen atoms in total. The van der Waals surface area contributed by atoms with Crippen LogP contribution in [-0.4, -0.2) is 64.1 Å². The van der Waals surface area contributed by atoms with E-state index in [1.807, 2.05) is 0 Å². The topological polar surface area (TPSA) is 149 Å². The molecule has 0 aliphatic carbocycles. The Balaban J connectivity index is 0.00000480. The minimum absolute atomic E-state index is 0. The maximum Gasteiger partial charge on any atom is 1.00 e. The molecule has 0 radical (unpaired) electrons. The van der Waals surface area contributed by atoms with E-state index < -0.39 is 39.5 Å². The Morgan fingerprint density at radius 1 is 0.903 bits per heavy atom. The Labute approximate surface area is 203 Å². The van der Waals surface area contributed by atoms with Gasteiger partial charge in [-0.15, -0.1) is 0 Å². The molecule has 0 saturated carbocycles. The molecule has 1 unspecified atom stereocenters. The Morgan fingerprint density at radius 3 is 1.87 bits per heavy atom. The zero-order valence-electron chi connectivity index (χ0n) is 17.6. The van der Waals surface area contributed by atoms with E-state index in [4.69, 9.17) is 0 Å². The van der Waals surface area contributed by atoms with Gasteiger partial charge in [-0.1, -0.05) is 38.5 Å². The molecule has 0 spiro atoms. The average Bonchev–Trinajstić information content (AvgIpc) is 3.15. The SMILES string of the molecule is O=C1C=CC(=O)N1CCCCCCCCCCC(=O)N1C(=O)CC(S(=O)(=O)[O-])C1=O.[Na+]. The summed E-state index contributed by atoms with van der Waals surface area (Å²) in [6.07, 6.45) is 8.27. The van der Waals surface area contributed by atoms with Crippen LogP contribution >= 0.6 is 0 Å². The van der Waals surface area contributed by atoms with Crippen LogP contribution < -0.4 is 29.6 Å². The summed E-state index contributed by atoms with van der Waals surface area (Å²) in [6, 6.07) is 0. The summed E-state index contributed by atoms with van der Waals surface area (Å²) in [4.78, 5) is 59.9. The molecule has 1 saturated heterocycles. The summed E-state index contributed by atoms with van der Waals surface area (Å²) < 4.78 is 32.9. The van der Waals surface area contributed by atoms with Gasteiger partial charge < -0.3 is 4.55 Å². The van der Waals surface area contributed by atoms with E-state index >= 15 is 0 Å². The first kappa shape index (κ1) is 27.6. The van der Waals surface area contributed by atoms with Crippen molar-refractivity contribution in [2.75, 3.05) is 6.54 Å². The first-order valence-corrected chi connectivity index (χ1v) is 11.5. The van der Waals surface area contributed by atoms with Crippen molar-refractivity contribution >= 4 is 39.7 Å². The largest absolute Gasteiger partial charge is 1.00 e. The van der Waals surface area contributed by atoms with Crippen molar-refractivity contribution < 1.29 is 66.5 Å². The van der Waals surface area contributed by atoms with Crippen LogP contribution in [0.1, 0.15) is 64.2 Å². The van der Waals surface area contributed by atoms with Gasteiger partial charge in [0.2, 0.25) is 11.8 Å². The zero-order chi connectivity index (χ0) is 22.3. The number of imide groups is 4. The van der Waals surface area contributed by atoms with Gasteiger partial charge in [0.15, 0.2) is 0 Å². The van der Waals surface area contributed by atoms with Crippen molar-refractivity contribution in [3.05, 3.63) is 12.2 Å². The number of likely N-dealkylation sites (tertiary alicyclic amines) is 1. The van der Waals surface area contributed by atoms with Crippen LogP contribution in [0.4, 0.5) is 0 Å². The Hall–Kier alpha value is -1.40. The molecule has 2 rings (SSSR count). The van der Waals surface area contributed by atoms with Crippen molar-refractivity contribution in [2.45, 2.75) is 69.5 Å². The van der Waals surface area contributed by atoms with Crippen molar-refractivity contribution in [1.82, 2.24) is 9.80 Å². The van der Waals surface area contributed by atoms with Gasteiger partial charge in [0.05, 0.1) is 6.42 Å². The smallest absolute Gasteiger partial charge is 0.747 e. The molecule has 0 aromatic heterocycles. The van der Waals surface area contributed by atoms with Crippen LogP contribution in [0.3, 0.4) is 0 Å². The molecule has 0 N–H and O–H groups in total. The number of rotatable bonds is 12. The fourth-order valence-electron chi connectivity index (χ4n) is 3.46. The number of carbonyl (C=O) groups is 5. The minimum atomic E-state index is -4.96. The normalized spacial score (nSPS) is 18.8. The van der Waals surface area contributed by atoms with Gasteiger partial charge in [0.1, 0.15) is 15.4 Å². The Morgan fingerprint density at radius 2 is 1.39 bits per heavy atom. The molecule has 31 heavy (non-hydrogen) atoms. The fourth-order valence-corrected chi connectivity index (χ4v) is 4.16. The summed E-state index contributed by atoms with van der Waals surface area (Å²) in [5.41, 5.74) is 0. The predicted molar refractivity (Wildman–Crippen MR) is 102 cm³/mol. The zero-order valence-corrected chi connectivity index (χ0v) is 20.4.